The molecule has 8 heteroatoms. The second-order valence-corrected chi connectivity index (χ2v) is 7.43. The summed E-state index contributed by atoms with van der Waals surface area (Å²) in [6.07, 6.45) is 1.76. The van der Waals surface area contributed by atoms with Crippen LogP contribution in [0.4, 0.5) is 0 Å². The van der Waals surface area contributed by atoms with Gasteiger partial charge in [0.25, 0.3) is 10.0 Å². The highest BCUT2D eigenvalue weighted by Crippen LogP contribution is 2.18. The van der Waals surface area contributed by atoms with Crippen LogP contribution in [0.1, 0.15) is 25.5 Å². The van der Waals surface area contributed by atoms with Crippen LogP contribution in [-0.4, -0.2) is 32.0 Å². The second kappa shape index (κ2) is 5.12. The summed E-state index contributed by atoms with van der Waals surface area (Å²) in [6.45, 7) is 4.46. The Balaban J connectivity index is 2.21. The molecule has 1 saturated heterocycles. The molecular weight excluding hydrogens is 274 g/mol. The first kappa shape index (κ1) is 13.7. The van der Waals surface area contributed by atoms with E-state index in [1.54, 1.807) is 6.92 Å². The number of H-pyrrole nitrogens is 1. The van der Waals surface area contributed by atoms with E-state index in [0.29, 0.717) is 5.69 Å². The Morgan fingerprint density at radius 2 is 2.17 bits per heavy atom. The first-order chi connectivity index (χ1) is 8.40. The van der Waals surface area contributed by atoms with Gasteiger partial charge in [-0.25, -0.2) is 13.1 Å². The van der Waals surface area contributed by atoms with Gasteiger partial charge in [-0.2, -0.15) is 0 Å². The Morgan fingerprint density at radius 3 is 2.72 bits per heavy atom. The number of thiazole rings is 1. The molecule has 102 valence electrons. The number of rotatable bonds is 3. The van der Waals surface area contributed by atoms with E-state index in [2.05, 4.69) is 15.0 Å². The number of sulfonamides is 1. The smallest absolute Gasteiger partial charge is 0.305 e. The van der Waals surface area contributed by atoms with Crippen LogP contribution in [0.5, 0.6) is 0 Å². The fourth-order valence-corrected chi connectivity index (χ4v) is 4.77. The van der Waals surface area contributed by atoms with Crippen molar-refractivity contribution in [2.24, 2.45) is 0 Å². The van der Waals surface area contributed by atoms with Gasteiger partial charge in [-0.05, 0) is 33.2 Å². The average Bonchev–Trinajstić information content (AvgIpc) is 2.62. The van der Waals surface area contributed by atoms with E-state index < -0.39 is 10.0 Å². The molecule has 18 heavy (non-hydrogen) atoms. The standard InChI is InChI=1S/C10H17N3O3S2/c1-6-8(4-3-5-11-6)13-18(15,16)9-7(2)12-10(14)17-9/h6,8,11,13H,3-5H2,1-2H3,(H,12,14). The van der Waals surface area contributed by atoms with Gasteiger partial charge in [0.1, 0.15) is 0 Å². The molecule has 1 aliphatic heterocycles. The van der Waals surface area contributed by atoms with Gasteiger partial charge < -0.3 is 10.3 Å². The Kier molecular flexibility index (Phi) is 3.90. The lowest BCUT2D eigenvalue weighted by Gasteiger charge is -2.30. The Morgan fingerprint density at radius 1 is 1.44 bits per heavy atom. The first-order valence-corrected chi connectivity index (χ1v) is 8.15. The van der Waals surface area contributed by atoms with Crippen molar-refractivity contribution >= 4 is 21.4 Å². The van der Waals surface area contributed by atoms with Gasteiger partial charge in [0.05, 0.1) is 0 Å². The molecule has 2 unspecified atom stereocenters. The minimum absolute atomic E-state index is 0.0882. The quantitative estimate of drug-likeness (QED) is 0.740. The minimum Gasteiger partial charge on any atom is -0.315 e. The maximum Gasteiger partial charge on any atom is 0.305 e. The topological polar surface area (TPSA) is 91.1 Å². The molecule has 6 nitrogen and oxygen atoms in total. The molecule has 3 N–H and O–H groups in total. The Hall–Kier alpha value is -0.700. The lowest BCUT2D eigenvalue weighted by atomic mass is 10.0. The zero-order valence-electron chi connectivity index (χ0n) is 10.3. The summed E-state index contributed by atoms with van der Waals surface area (Å²) in [5.41, 5.74) is 0.397. The number of piperidine rings is 1. The van der Waals surface area contributed by atoms with Crippen molar-refractivity contribution in [3.05, 3.63) is 15.4 Å². The number of aryl methyl sites for hydroxylation is 1. The van der Waals surface area contributed by atoms with Crippen LogP contribution in [0.2, 0.25) is 0 Å². The van der Waals surface area contributed by atoms with E-state index in [1.165, 1.54) is 0 Å². The van der Waals surface area contributed by atoms with Crippen LogP contribution in [0.3, 0.4) is 0 Å². The largest absolute Gasteiger partial charge is 0.315 e. The number of hydrogen-bond acceptors (Lipinski definition) is 5. The van der Waals surface area contributed by atoms with Gasteiger partial charge in [-0.15, -0.1) is 0 Å². The fraction of sp³-hybridized carbons (Fsp3) is 0.700. The van der Waals surface area contributed by atoms with Crippen LogP contribution in [0.25, 0.3) is 0 Å². The van der Waals surface area contributed by atoms with Crippen LogP contribution in [0, 0.1) is 6.92 Å². The Bertz CT molecular complexity index is 575. The van der Waals surface area contributed by atoms with E-state index in [-0.39, 0.29) is 21.2 Å². The molecule has 2 atom stereocenters. The zero-order chi connectivity index (χ0) is 13.3. The molecule has 0 bridgehead atoms. The third-order valence-electron chi connectivity index (χ3n) is 3.09. The Labute approximate surface area is 110 Å². The second-order valence-electron chi connectivity index (χ2n) is 4.54. The first-order valence-electron chi connectivity index (χ1n) is 5.85. The average molecular weight is 291 g/mol. The molecule has 1 aromatic rings. The molecule has 1 aromatic heterocycles. The number of nitrogens with one attached hydrogen (secondary N) is 3. The molecule has 0 aromatic carbocycles. The summed E-state index contributed by atoms with van der Waals surface area (Å²) in [5.74, 6) is 0. The van der Waals surface area contributed by atoms with Gasteiger partial charge >= 0.3 is 4.87 Å². The molecule has 0 saturated carbocycles. The molecule has 0 spiro atoms. The van der Waals surface area contributed by atoms with Crippen molar-refractivity contribution in [3.8, 4) is 0 Å². The van der Waals surface area contributed by atoms with E-state index in [4.69, 9.17) is 0 Å². The van der Waals surface area contributed by atoms with Crippen LogP contribution >= 0.6 is 11.3 Å². The molecule has 1 fully saturated rings. The molecule has 2 heterocycles. The van der Waals surface area contributed by atoms with Gasteiger partial charge in [0, 0.05) is 17.8 Å². The summed E-state index contributed by atoms with van der Waals surface area (Å²) in [6, 6.07) is -0.0233. The lowest BCUT2D eigenvalue weighted by molar-refractivity contribution is 0.349. The maximum absolute atomic E-state index is 12.2. The van der Waals surface area contributed by atoms with Crippen molar-refractivity contribution in [2.45, 2.75) is 43.0 Å². The van der Waals surface area contributed by atoms with Crippen molar-refractivity contribution < 1.29 is 8.42 Å². The van der Waals surface area contributed by atoms with Crippen molar-refractivity contribution in [3.63, 3.8) is 0 Å². The number of aromatic nitrogens is 1. The predicted molar refractivity (Wildman–Crippen MR) is 70.5 cm³/mol. The van der Waals surface area contributed by atoms with E-state index in [9.17, 15) is 13.2 Å². The van der Waals surface area contributed by atoms with Gasteiger partial charge in [-0.3, -0.25) is 4.79 Å². The molecule has 1 aliphatic rings. The summed E-state index contributed by atoms with van der Waals surface area (Å²) in [7, 11) is -3.61. The highest BCUT2D eigenvalue weighted by molar-refractivity contribution is 7.91. The minimum atomic E-state index is -3.61. The summed E-state index contributed by atoms with van der Waals surface area (Å²) in [4.78, 5) is 13.3. The lowest BCUT2D eigenvalue weighted by Crippen LogP contribution is -2.51. The summed E-state index contributed by atoms with van der Waals surface area (Å²) >= 11 is 0.729. The van der Waals surface area contributed by atoms with Crippen molar-refractivity contribution in [1.82, 2.24) is 15.0 Å². The number of hydrogen-bond donors (Lipinski definition) is 3. The highest BCUT2D eigenvalue weighted by Gasteiger charge is 2.28. The third-order valence-corrected chi connectivity index (χ3v) is 6.19. The molecule has 0 aliphatic carbocycles. The zero-order valence-corrected chi connectivity index (χ0v) is 12.0. The highest BCUT2D eigenvalue weighted by atomic mass is 32.2. The fourth-order valence-electron chi connectivity index (χ4n) is 2.10. The maximum atomic E-state index is 12.2. The van der Waals surface area contributed by atoms with Gasteiger partial charge in [0.15, 0.2) is 4.21 Å². The van der Waals surface area contributed by atoms with Gasteiger partial charge in [-0.1, -0.05) is 11.3 Å². The van der Waals surface area contributed by atoms with Crippen LogP contribution in [0.15, 0.2) is 9.00 Å². The summed E-state index contributed by atoms with van der Waals surface area (Å²) in [5, 5.41) is 3.23. The third kappa shape index (κ3) is 2.82. The van der Waals surface area contributed by atoms with Crippen LogP contribution in [-0.2, 0) is 10.0 Å². The van der Waals surface area contributed by atoms with Crippen molar-refractivity contribution in [1.29, 1.82) is 0 Å². The van der Waals surface area contributed by atoms with E-state index in [0.717, 1.165) is 30.7 Å². The molecule has 0 radical (unpaired) electrons. The van der Waals surface area contributed by atoms with Gasteiger partial charge in [0.2, 0.25) is 0 Å². The van der Waals surface area contributed by atoms with Crippen molar-refractivity contribution in [2.75, 3.05) is 6.54 Å². The number of aromatic amines is 1. The van der Waals surface area contributed by atoms with E-state index >= 15 is 0 Å². The van der Waals surface area contributed by atoms with E-state index in [1.807, 2.05) is 6.92 Å². The molecular formula is C10H17N3O3S2. The summed E-state index contributed by atoms with van der Waals surface area (Å²) < 4.78 is 27.2. The molecule has 2 rings (SSSR count). The predicted octanol–water partition coefficient (Wildman–Crippen LogP) is 0.164. The SMILES string of the molecule is Cc1[nH]c(=O)sc1S(=O)(=O)NC1CCCNC1C. The normalized spacial score (nSPS) is 25.2. The molecule has 0 amide bonds. The monoisotopic (exact) mass is 291 g/mol. The van der Waals surface area contributed by atoms with Crippen LogP contribution < -0.4 is 14.9 Å².